The van der Waals surface area contributed by atoms with Crippen LogP contribution in [-0.4, -0.2) is 14.6 Å². The number of hydrogen-bond donors (Lipinski definition) is 0. The van der Waals surface area contributed by atoms with Crippen LogP contribution in [0.2, 0.25) is 15.5 Å². The number of aromatic nitrogens is 3. The first-order chi connectivity index (χ1) is 5.68. The summed E-state index contributed by atoms with van der Waals surface area (Å²) in [5.41, 5.74) is 0.572. The summed E-state index contributed by atoms with van der Waals surface area (Å²) in [7, 11) is 0. The van der Waals surface area contributed by atoms with Crippen molar-refractivity contribution in [3.05, 3.63) is 27.7 Å². The molecule has 0 spiro atoms. The Morgan fingerprint density at radius 2 is 2.00 bits per heavy atom. The first kappa shape index (κ1) is 8.10. The van der Waals surface area contributed by atoms with Gasteiger partial charge >= 0.3 is 0 Å². The monoisotopic (exact) mass is 221 g/mol. The van der Waals surface area contributed by atoms with E-state index in [2.05, 4.69) is 10.1 Å². The summed E-state index contributed by atoms with van der Waals surface area (Å²) < 4.78 is 1.49. The molecular formula is C6H2Cl3N3. The average molecular weight is 222 g/mol. The van der Waals surface area contributed by atoms with Crippen molar-refractivity contribution in [2.45, 2.75) is 0 Å². The summed E-state index contributed by atoms with van der Waals surface area (Å²) in [6, 6.07) is 1.67. The Balaban J connectivity index is 2.93. The number of halogens is 3. The van der Waals surface area contributed by atoms with Gasteiger partial charge in [-0.3, -0.25) is 0 Å². The molecule has 0 aliphatic rings. The molecule has 2 rings (SSSR count). The Morgan fingerprint density at radius 1 is 1.25 bits per heavy atom. The smallest absolute Gasteiger partial charge is 0.233 e. The van der Waals surface area contributed by atoms with E-state index in [0.717, 1.165) is 0 Å². The maximum Gasteiger partial charge on any atom is 0.242 e. The molecular weight excluding hydrogens is 220 g/mol. The number of nitrogens with zero attached hydrogens (tertiary/aromatic N) is 3. The lowest BCUT2D eigenvalue weighted by atomic mass is 10.5. The van der Waals surface area contributed by atoms with Crippen molar-refractivity contribution in [3.8, 4) is 0 Å². The molecule has 0 N–H and O–H groups in total. The molecule has 0 fully saturated rings. The maximum atomic E-state index is 5.80. The van der Waals surface area contributed by atoms with Gasteiger partial charge in [0.15, 0.2) is 5.15 Å². The molecule has 6 heteroatoms. The molecule has 12 heavy (non-hydrogen) atoms. The molecule has 0 atom stereocenters. The Labute approximate surface area is 82.9 Å². The van der Waals surface area contributed by atoms with Crippen LogP contribution in [0, 0.1) is 0 Å². The fourth-order valence-electron chi connectivity index (χ4n) is 0.921. The van der Waals surface area contributed by atoms with Crippen molar-refractivity contribution < 1.29 is 0 Å². The van der Waals surface area contributed by atoms with E-state index >= 15 is 0 Å². The molecule has 2 aromatic rings. The Morgan fingerprint density at radius 3 is 2.75 bits per heavy atom. The predicted octanol–water partition coefficient (Wildman–Crippen LogP) is 2.69. The minimum absolute atomic E-state index is 0.0970. The van der Waals surface area contributed by atoms with Crippen LogP contribution < -0.4 is 0 Å². The molecule has 0 bridgehead atoms. The van der Waals surface area contributed by atoms with Crippen LogP contribution in [0.1, 0.15) is 0 Å². The average Bonchev–Trinajstić information content (AvgIpc) is 2.31. The van der Waals surface area contributed by atoms with E-state index in [1.54, 1.807) is 12.3 Å². The highest BCUT2D eigenvalue weighted by Gasteiger charge is 2.07. The zero-order valence-corrected chi connectivity index (χ0v) is 7.90. The van der Waals surface area contributed by atoms with Crippen LogP contribution in [-0.2, 0) is 0 Å². The highest BCUT2D eigenvalue weighted by atomic mass is 35.5. The van der Waals surface area contributed by atoms with Gasteiger partial charge in [0.1, 0.15) is 5.52 Å². The van der Waals surface area contributed by atoms with Gasteiger partial charge in [0.2, 0.25) is 5.28 Å². The summed E-state index contributed by atoms with van der Waals surface area (Å²) in [6.07, 6.45) is 1.66. The van der Waals surface area contributed by atoms with E-state index in [1.165, 1.54) is 4.52 Å². The number of hydrogen-bond acceptors (Lipinski definition) is 2. The van der Waals surface area contributed by atoms with Crippen molar-refractivity contribution in [3.63, 3.8) is 0 Å². The molecule has 0 amide bonds. The molecule has 0 unspecified atom stereocenters. The third kappa shape index (κ3) is 1.14. The standard InChI is InChI=1S/C6H2Cl3N3/c7-3-1-2-12-4(3)5(8)10-6(9)11-12/h1-2H. The summed E-state index contributed by atoms with van der Waals surface area (Å²) in [5, 5.41) is 4.72. The van der Waals surface area contributed by atoms with E-state index in [1.807, 2.05) is 0 Å². The lowest BCUT2D eigenvalue weighted by molar-refractivity contribution is 0.904. The SMILES string of the molecule is Clc1nc(Cl)c2c(Cl)ccn2n1. The van der Waals surface area contributed by atoms with Crippen LogP contribution in [0.15, 0.2) is 12.3 Å². The van der Waals surface area contributed by atoms with Crippen LogP contribution in [0.25, 0.3) is 5.52 Å². The molecule has 0 aliphatic carbocycles. The zero-order valence-electron chi connectivity index (χ0n) is 5.63. The van der Waals surface area contributed by atoms with Crippen molar-refractivity contribution in [2.75, 3.05) is 0 Å². The summed E-state index contributed by atoms with van der Waals surface area (Å²) in [5.74, 6) is 0. The van der Waals surface area contributed by atoms with E-state index < -0.39 is 0 Å². The fourth-order valence-corrected chi connectivity index (χ4v) is 1.68. The van der Waals surface area contributed by atoms with Crippen LogP contribution in [0.3, 0.4) is 0 Å². The normalized spacial score (nSPS) is 10.9. The molecule has 0 radical (unpaired) electrons. The molecule has 3 nitrogen and oxygen atoms in total. The van der Waals surface area contributed by atoms with Gasteiger partial charge in [-0.15, -0.1) is 5.10 Å². The zero-order chi connectivity index (χ0) is 8.72. The second kappa shape index (κ2) is 2.76. The van der Waals surface area contributed by atoms with Gasteiger partial charge in [-0.05, 0) is 17.7 Å². The summed E-state index contributed by atoms with van der Waals surface area (Å²) in [6.45, 7) is 0. The largest absolute Gasteiger partial charge is 0.242 e. The van der Waals surface area contributed by atoms with Crippen LogP contribution >= 0.6 is 34.8 Å². The Bertz CT molecular complexity index is 437. The van der Waals surface area contributed by atoms with Crippen molar-refractivity contribution >= 4 is 40.3 Å². The van der Waals surface area contributed by atoms with E-state index in [-0.39, 0.29) is 10.4 Å². The van der Waals surface area contributed by atoms with Gasteiger partial charge < -0.3 is 0 Å². The van der Waals surface area contributed by atoms with Gasteiger partial charge in [-0.25, -0.2) is 9.50 Å². The highest BCUT2D eigenvalue weighted by molar-refractivity contribution is 6.39. The number of rotatable bonds is 0. The van der Waals surface area contributed by atoms with Crippen molar-refractivity contribution in [2.24, 2.45) is 0 Å². The summed E-state index contributed by atoms with van der Waals surface area (Å²) >= 11 is 17.1. The first-order valence-electron chi connectivity index (χ1n) is 3.04. The Kier molecular flexibility index (Phi) is 1.87. The van der Waals surface area contributed by atoms with Crippen LogP contribution in [0.4, 0.5) is 0 Å². The minimum atomic E-state index is 0.0970. The lowest BCUT2D eigenvalue weighted by Gasteiger charge is -1.96. The second-order valence-corrected chi connectivity index (χ2v) is 3.23. The second-order valence-electron chi connectivity index (χ2n) is 2.13. The molecule has 0 saturated heterocycles. The van der Waals surface area contributed by atoms with Gasteiger partial charge in [-0.2, -0.15) is 0 Å². The fraction of sp³-hybridized carbons (Fsp3) is 0. The predicted molar refractivity (Wildman–Crippen MR) is 48.0 cm³/mol. The molecule has 0 aliphatic heterocycles. The molecule has 2 heterocycles. The lowest BCUT2D eigenvalue weighted by Crippen LogP contribution is -1.93. The van der Waals surface area contributed by atoms with Gasteiger partial charge in [0, 0.05) is 6.20 Å². The third-order valence-electron chi connectivity index (χ3n) is 1.39. The molecule has 62 valence electrons. The summed E-state index contributed by atoms with van der Waals surface area (Å²) in [4.78, 5) is 3.75. The van der Waals surface area contributed by atoms with Crippen molar-refractivity contribution in [1.82, 2.24) is 14.6 Å². The van der Waals surface area contributed by atoms with Gasteiger partial charge in [0.05, 0.1) is 5.02 Å². The van der Waals surface area contributed by atoms with E-state index in [9.17, 15) is 0 Å². The maximum absolute atomic E-state index is 5.80. The van der Waals surface area contributed by atoms with Crippen molar-refractivity contribution in [1.29, 1.82) is 0 Å². The topological polar surface area (TPSA) is 30.2 Å². The first-order valence-corrected chi connectivity index (χ1v) is 4.18. The van der Waals surface area contributed by atoms with Gasteiger partial charge in [-0.1, -0.05) is 23.2 Å². The molecule has 2 aromatic heterocycles. The van der Waals surface area contributed by atoms with E-state index in [4.69, 9.17) is 34.8 Å². The minimum Gasteiger partial charge on any atom is -0.233 e. The molecule has 0 saturated carbocycles. The van der Waals surface area contributed by atoms with E-state index in [0.29, 0.717) is 10.5 Å². The Hall–Kier alpha value is -0.510. The molecule has 0 aromatic carbocycles. The van der Waals surface area contributed by atoms with Crippen LogP contribution in [0.5, 0.6) is 0 Å². The third-order valence-corrected chi connectivity index (χ3v) is 2.12. The van der Waals surface area contributed by atoms with Gasteiger partial charge in [0.25, 0.3) is 0 Å². The quantitative estimate of drug-likeness (QED) is 0.686. The highest BCUT2D eigenvalue weighted by Crippen LogP contribution is 2.24. The number of fused-ring (bicyclic) bond motifs is 1.